The van der Waals surface area contributed by atoms with Crippen LogP contribution in [0.1, 0.15) is 47.0 Å². The quantitative estimate of drug-likeness (QED) is 0.468. The molecule has 0 aliphatic carbocycles. The first-order valence-corrected chi connectivity index (χ1v) is 9.99. The largest absolute Gasteiger partial charge is 0.413 e. The molecule has 18 heavy (non-hydrogen) atoms. The van der Waals surface area contributed by atoms with Crippen molar-refractivity contribution >= 4 is 8.32 Å². The van der Waals surface area contributed by atoms with E-state index < -0.39 is 8.32 Å². The van der Waals surface area contributed by atoms with Crippen LogP contribution in [0, 0.1) is 0 Å². The average Bonchev–Trinajstić information content (AvgIpc) is 2.26. The monoisotopic (exact) mass is 272 g/mol. The van der Waals surface area contributed by atoms with Crippen molar-refractivity contribution in [3.8, 4) is 0 Å². The summed E-state index contributed by atoms with van der Waals surface area (Å²) < 4.78 is 11.5. The second-order valence-corrected chi connectivity index (χ2v) is 11.2. The lowest BCUT2D eigenvalue weighted by atomic mass is 10.1. The third-order valence-electron chi connectivity index (χ3n) is 3.84. The summed E-state index contributed by atoms with van der Waals surface area (Å²) >= 11 is 0. The second kappa shape index (κ2) is 8.13. The Morgan fingerprint density at radius 1 is 1.22 bits per heavy atom. The Kier molecular flexibility index (Phi) is 8.07. The zero-order chi connectivity index (χ0) is 14.2. The summed E-state index contributed by atoms with van der Waals surface area (Å²) in [4.78, 5) is 0. The molecule has 0 amide bonds. The Hall–Kier alpha value is -0.123. The number of ether oxygens (including phenoxy) is 1. The standard InChI is InChI=1S/C15H32O2Si/c1-8-9-11-14(16-5)12-10-13-17-18(6,7)15(2,3)4/h10,12,14H,8-9,11,13H2,1-7H3/b12-10-. The predicted octanol–water partition coefficient (Wildman–Crippen LogP) is 4.77. The van der Waals surface area contributed by atoms with Crippen LogP contribution in [0.25, 0.3) is 0 Å². The van der Waals surface area contributed by atoms with Crippen molar-refractivity contribution in [2.75, 3.05) is 13.7 Å². The molecule has 1 unspecified atom stereocenters. The molecule has 0 heterocycles. The van der Waals surface area contributed by atoms with Crippen LogP contribution in [-0.2, 0) is 9.16 Å². The van der Waals surface area contributed by atoms with E-state index >= 15 is 0 Å². The molecule has 0 spiro atoms. The minimum Gasteiger partial charge on any atom is -0.413 e. The highest BCUT2D eigenvalue weighted by Gasteiger charge is 2.36. The Labute approximate surface area is 115 Å². The van der Waals surface area contributed by atoms with Crippen LogP contribution < -0.4 is 0 Å². The van der Waals surface area contributed by atoms with Crippen LogP contribution in [-0.4, -0.2) is 28.1 Å². The summed E-state index contributed by atoms with van der Waals surface area (Å²) in [6, 6.07) is 0. The van der Waals surface area contributed by atoms with Gasteiger partial charge in [0, 0.05) is 7.11 Å². The van der Waals surface area contributed by atoms with E-state index in [2.05, 4.69) is 52.9 Å². The summed E-state index contributed by atoms with van der Waals surface area (Å²) in [5.41, 5.74) is 0. The van der Waals surface area contributed by atoms with Gasteiger partial charge in [0.2, 0.25) is 0 Å². The fourth-order valence-electron chi connectivity index (χ4n) is 1.38. The fourth-order valence-corrected chi connectivity index (χ4v) is 2.32. The molecule has 1 atom stereocenters. The van der Waals surface area contributed by atoms with Gasteiger partial charge in [-0.2, -0.15) is 0 Å². The van der Waals surface area contributed by atoms with Crippen LogP contribution in [0.3, 0.4) is 0 Å². The van der Waals surface area contributed by atoms with Crippen molar-refractivity contribution < 1.29 is 9.16 Å². The molecule has 0 aliphatic rings. The van der Waals surface area contributed by atoms with Crippen molar-refractivity contribution in [1.82, 2.24) is 0 Å². The first kappa shape index (κ1) is 17.9. The SMILES string of the molecule is CCCCC(/C=C\CO[Si](C)(C)C(C)(C)C)OC. The average molecular weight is 273 g/mol. The van der Waals surface area contributed by atoms with Gasteiger partial charge in [-0.25, -0.2) is 0 Å². The molecular weight excluding hydrogens is 240 g/mol. The summed E-state index contributed by atoms with van der Waals surface area (Å²) in [5, 5.41) is 0.281. The number of methoxy groups -OCH3 is 1. The Bertz CT molecular complexity index is 241. The highest BCUT2D eigenvalue weighted by Crippen LogP contribution is 2.36. The number of rotatable bonds is 8. The lowest BCUT2D eigenvalue weighted by molar-refractivity contribution is 0.131. The molecule has 0 bridgehead atoms. The normalized spacial score (nSPS) is 15.3. The van der Waals surface area contributed by atoms with E-state index in [9.17, 15) is 0 Å². The molecule has 0 aromatic rings. The number of unbranched alkanes of at least 4 members (excludes halogenated alkanes) is 1. The molecule has 0 aromatic heterocycles. The van der Waals surface area contributed by atoms with Gasteiger partial charge in [-0.05, 0) is 24.6 Å². The van der Waals surface area contributed by atoms with Crippen molar-refractivity contribution in [1.29, 1.82) is 0 Å². The molecule has 2 nitrogen and oxygen atoms in total. The predicted molar refractivity (Wildman–Crippen MR) is 82.6 cm³/mol. The van der Waals surface area contributed by atoms with Crippen molar-refractivity contribution in [2.45, 2.75) is 71.2 Å². The molecule has 0 fully saturated rings. The van der Waals surface area contributed by atoms with Gasteiger partial charge in [-0.1, -0.05) is 52.7 Å². The Morgan fingerprint density at radius 3 is 2.28 bits per heavy atom. The van der Waals surface area contributed by atoms with Gasteiger partial charge in [0.1, 0.15) is 0 Å². The third kappa shape index (κ3) is 6.71. The summed E-state index contributed by atoms with van der Waals surface area (Å²) in [6.07, 6.45) is 8.03. The highest BCUT2D eigenvalue weighted by atomic mass is 28.4. The highest BCUT2D eigenvalue weighted by molar-refractivity contribution is 6.74. The molecule has 3 heteroatoms. The molecule has 0 radical (unpaired) electrons. The summed E-state index contributed by atoms with van der Waals surface area (Å²) in [5.74, 6) is 0. The van der Waals surface area contributed by atoms with E-state index in [4.69, 9.17) is 9.16 Å². The van der Waals surface area contributed by atoms with Gasteiger partial charge in [0.15, 0.2) is 8.32 Å². The van der Waals surface area contributed by atoms with Crippen molar-refractivity contribution in [3.63, 3.8) is 0 Å². The maximum Gasteiger partial charge on any atom is 0.192 e. The molecule has 0 aliphatic heterocycles. The van der Waals surface area contributed by atoms with Crippen LogP contribution >= 0.6 is 0 Å². The van der Waals surface area contributed by atoms with Gasteiger partial charge < -0.3 is 9.16 Å². The molecular formula is C15H32O2Si. The van der Waals surface area contributed by atoms with E-state index in [1.165, 1.54) is 12.8 Å². The van der Waals surface area contributed by atoms with E-state index in [1.807, 2.05) is 0 Å². The van der Waals surface area contributed by atoms with Gasteiger partial charge in [-0.15, -0.1) is 0 Å². The topological polar surface area (TPSA) is 18.5 Å². The Balaban J connectivity index is 4.09. The fraction of sp³-hybridized carbons (Fsp3) is 0.867. The lowest BCUT2D eigenvalue weighted by Crippen LogP contribution is -2.40. The number of hydrogen-bond acceptors (Lipinski definition) is 2. The van der Waals surface area contributed by atoms with Gasteiger partial charge >= 0.3 is 0 Å². The van der Waals surface area contributed by atoms with Crippen LogP contribution in [0.15, 0.2) is 12.2 Å². The van der Waals surface area contributed by atoms with Crippen molar-refractivity contribution in [2.24, 2.45) is 0 Å². The molecule has 0 rings (SSSR count). The molecule has 108 valence electrons. The third-order valence-corrected chi connectivity index (χ3v) is 8.34. The molecule has 0 aromatic carbocycles. The smallest absolute Gasteiger partial charge is 0.192 e. The van der Waals surface area contributed by atoms with E-state index in [-0.39, 0.29) is 11.1 Å². The van der Waals surface area contributed by atoms with E-state index in [0.717, 1.165) is 6.42 Å². The first-order chi connectivity index (χ1) is 8.24. The minimum atomic E-state index is -1.60. The van der Waals surface area contributed by atoms with Gasteiger partial charge in [-0.3, -0.25) is 0 Å². The zero-order valence-electron chi connectivity index (χ0n) is 13.4. The van der Waals surface area contributed by atoms with Crippen LogP contribution in [0.2, 0.25) is 18.1 Å². The molecule has 0 N–H and O–H groups in total. The van der Waals surface area contributed by atoms with Gasteiger partial charge in [0.25, 0.3) is 0 Å². The first-order valence-electron chi connectivity index (χ1n) is 7.08. The van der Waals surface area contributed by atoms with E-state index in [1.54, 1.807) is 7.11 Å². The van der Waals surface area contributed by atoms with E-state index in [0.29, 0.717) is 6.61 Å². The maximum absolute atomic E-state index is 6.09. The zero-order valence-corrected chi connectivity index (χ0v) is 14.4. The van der Waals surface area contributed by atoms with Crippen LogP contribution in [0.5, 0.6) is 0 Å². The second-order valence-electron chi connectivity index (χ2n) is 6.42. The number of hydrogen-bond donors (Lipinski definition) is 0. The van der Waals surface area contributed by atoms with Gasteiger partial charge in [0.05, 0.1) is 12.7 Å². The molecule has 0 saturated carbocycles. The maximum atomic E-state index is 6.09. The lowest BCUT2D eigenvalue weighted by Gasteiger charge is -2.35. The summed E-state index contributed by atoms with van der Waals surface area (Å²) in [7, 11) is 0.173. The minimum absolute atomic E-state index is 0.243. The van der Waals surface area contributed by atoms with Crippen molar-refractivity contribution in [3.05, 3.63) is 12.2 Å². The molecule has 0 saturated heterocycles. The summed E-state index contributed by atoms with van der Waals surface area (Å²) in [6.45, 7) is 14.3. The van der Waals surface area contributed by atoms with Crippen LogP contribution in [0.4, 0.5) is 0 Å². The Morgan fingerprint density at radius 2 is 1.83 bits per heavy atom.